The zero-order valence-electron chi connectivity index (χ0n) is 17.0. The maximum absolute atomic E-state index is 13.0. The first-order valence-electron chi connectivity index (χ1n) is 9.55. The standard InChI is InChI=1S/C22H20ClN3O4.Na/c23-16-6-7-17-14(9-16)10-18(24-17)20(27)25-19(8-13-4-2-1-3-5-13)21(28)26-11-15(12-26)22(29)30;/h1-7,9-10,15,19,24H,8,11-12H2,(H,25,27)(H,29,30);/t19-;/m0./s1. The van der Waals surface area contributed by atoms with Gasteiger partial charge in [-0.3, -0.25) is 14.4 Å². The van der Waals surface area contributed by atoms with Crippen LogP contribution in [0, 0.1) is 5.92 Å². The van der Waals surface area contributed by atoms with Crippen molar-refractivity contribution in [1.29, 1.82) is 0 Å². The summed E-state index contributed by atoms with van der Waals surface area (Å²) < 4.78 is 0. The van der Waals surface area contributed by atoms with Crippen molar-refractivity contribution >= 4 is 69.8 Å². The van der Waals surface area contributed by atoms with Crippen LogP contribution in [-0.2, 0) is 16.0 Å². The van der Waals surface area contributed by atoms with Crippen molar-refractivity contribution in [1.82, 2.24) is 15.2 Å². The van der Waals surface area contributed by atoms with Crippen LogP contribution in [0.25, 0.3) is 10.9 Å². The average molecular weight is 449 g/mol. The number of aromatic amines is 1. The monoisotopic (exact) mass is 448 g/mol. The molecule has 31 heavy (non-hydrogen) atoms. The van der Waals surface area contributed by atoms with Crippen LogP contribution in [0.2, 0.25) is 5.02 Å². The van der Waals surface area contributed by atoms with Crippen molar-refractivity contribution in [3.05, 3.63) is 70.9 Å². The molecule has 7 nitrogen and oxygen atoms in total. The summed E-state index contributed by atoms with van der Waals surface area (Å²) in [5.41, 5.74) is 1.99. The van der Waals surface area contributed by atoms with Crippen molar-refractivity contribution in [3.8, 4) is 0 Å². The largest absolute Gasteiger partial charge is 0.481 e. The molecule has 4 rings (SSSR count). The molecule has 1 aliphatic rings. The molecule has 0 bridgehead atoms. The number of amides is 2. The van der Waals surface area contributed by atoms with Gasteiger partial charge in [0.05, 0.1) is 5.92 Å². The fourth-order valence-electron chi connectivity index (χ4n) is 3.55. The molecular formula is C22H20ClN3NaO4. The Bertz CT molecular complexity index is 1110. The van der Waals surface area contributed by atoms with Crippen molar-refractivity contribution in [2.45, 2.75) is 12.5 Å². The number of carbonyl (C=O) groups is 3. The number of nitrogens with zero attached hydrogens (tertiary/aromatic N) is 1. The molecule has 0 saturated carbocycles. The van der Waals surface area contributed by atoms with E-state index in [1.165, 1.54) is 4.90 Å². The third-order valence-corrected chi connectivity index (χ3v) is 5.49. The van der Waals surface area contributed by atoms with Gasteiger partial charge < -0.3 is 20.3 Å². The van der Waals surface area contributed by atoms with Crippen LogP contribution in [0.1, 0.15) is 16.1 Å². The molecule has 0 aliphatic carbocycles. The van der Waals surface area contributed by atoms with Crippen molar-refractivity contribution in [2.24, 2.45) is 5.92 Å². The van der Waals surface area contributed by atoms with Gasteiger partial charge in [-0.05, 0) is 29.8 Å². The van der Waals surface area contributed by atoms with E-state index in [9.17, 15) is 14.4 Å². The number of nitrogens with one attached hydrogen (secondary N) is 2. The number of rotatable bonds is 6. The van der Waals surface area contributed by atoms with E-state index in [4.69, 9.17) is 16.7 Å². The van der Waals surface area contributed by atoms with Gasteiger partial charge in [0.2, 0.25) is 5.91 Å². The number of halogens is 1. The van der Waals surface area contributed by atoms with Gasteiger partial charge in [-0.1, -0.05) is 41.9 Å². The molecule has 1 saturated heterocycles. The number of hydrogen-bond donors (Lipinski definition) is 3. The number of hydrogen-bond acceptors (Lipinski definition) is 3. The van der Waals surface area contributed by atoms with E-state index in [0.29, 0.717) is 17.1 Å². The Hall–Kier alpha value is -2.32. The molecule has 1 radical (unpaired) electrons. The molecule has 9 heteroatoms. The molecule has 155 valence electrons. The third-order valence-electron chi connectivity index (χ3n) is 5.26. The summed E-state index contributed by atoms with van der Waals surface area (Å²) in [5, 5.41) is 13.2. The fourth-order valence-corrected chi connectivity index (χ4v) is 3.73. The summed E-state index contributed by atoms with van der Waals surface area (Å²) >= 11 is 6.01. The number of aliphatic carboxylic acids is 1. The number of carbonyl (C=O) groups excluding carboxylic acids is 2. The topological polar surface area (TPSA) is 102 Å². The molecule has 2 amide bonds. The van der Waals surface area contributed by atoms with Gasteiger partial charge in [0, 0.05) is 65.0 Å². The first kappa shape index (κ1) is 23.3. The second kappa shape index (κ2) is 9.87. The molecular weight excluding hydrogens is 429 g/mol. The number of aromatic nitrogens is 1. The molecule has 1 aromatic heterocycles. The Balaban J connectivity index is 0.00000272. The van der Waals surface area contributed by atoms with Gasteiger partial charge in [0.25, 0.3) is 5.91 Å². The van der Waals surface area contributed by atoms with Gasteiger partial charge in [-0.2, -0.15) is 0 Å². The molecule has 3 aromatic rings. The Morgan fingerprint density at radius 3 is 2.52 bits per heavy atom. The van der Waals surface area contributed by atoms with Crippen LogP contribution in [0.5, 0.6) is 0 Å². The zero-order chi connectivity index (χ0) is 21.3. The number of carboxylic acids is 1. The summed E-state index contributed by atoms with van der Waals surface area (Å²) in [5.74, 6) is -2.17. The second-order valence-corrected chi connectivity index (χ2v) is 7.85. The molecule has 3 N–H and O–H groups in total. The van der Waals surface area contributed by atoms with Crippen LogP contribution in [0.3, 0.4) is 0 Å². The number of fused-ring (bicyclic) bond motifs is 1. The quantitative estimate of drug-likeness (QED) is 0.503. The fraction of sp³-hybridized carbons (Fsp3) is 0.227. The van der Waals surface area contributed by atoms with Crippen LogP contribution >= 0.6 is 11.6 Å². The van der Waals surface area contributed by atoms with E-state index in [1.54, 1.807) is 24.3 Å². The first-order valence-corrected chi connectivity index (χ1v) is 9.93. The normalized spacial score (nSPS) is 14.4. The zero-order valence-corrected chi connectivity index (χ0v) is 19.7. The number of benzene rings is 2. The Kier molecular flexibility index (Phi) is 7.43. The summed E-state index contributed by atoms with van der Waals surface area (Å²) in [7, 11) is 0. The van der Waals surface area contributed by atoms with Crippen LogP contribution in [0.4, 0.5) is 0 Å². The molecule has 1 atom stereocenters. The van der Waals surface area contributed by atoms with Gasteiger partial charge in [0.15, 0.2) is 0 Å². The average Bonchev–Trinajstić information content (AvgIpc) is 3.10. The Labute approximate surface area is 206 Å². The minimum atomic E-state index is -0.917. The Morgan fingerprint density at radius 1 is 1.13 bits per heavy atom. The SMILES string of the molecule is O=C(N[C@@H](Cc1ccccc1)C(=O)N1CC(C(=O)O)C1)c1cc2cc(Cl)ccc2[nH]1.[Na]. The summed E-state index contributed by atoms with van der Waals surface area (Å²) in [6.45, 7) is 0.306. The third kappa shape index (κ3) is 5.30. The maximum atomic E-state index is 13.0. The number of H-pyrrole nitrogens is 1. The summed E-state index contributed by atoms with van der Waals surface area (Å²) in [6, 6.07) is 15.5. The molecule has 2 aromatic carbocycles. The smallest absolute Gasteiger partial charge is 0.310 e. The van der Waals surface area contributed by atoms with Crippen molar-refractivity contribution < 1.29 is 19.5 Å². The molecule has 0 spiro atoms. The minimum Gasteiger partial charge on any atom is -0.481 e. The molecule has 2 heterocycles. The van der Waals surface area contributed by atoms with Crippen molar-refractivity contribution in [2.75, 3.05) is 13.1 Å². The molecule has 0 unspecified atom stereocenters. The van der Waals surface area contributed by atoms with Crippen LogP contribution in [-0.4, -0.2) is 81.5 Å². The van der Waals surface area contributed by atoms with Gasteiger partial charge in [-0.25, -0.2) is 0 Å². The van der Waals surface area contributed by atoms with E-state index in [1.807, 2.05) is 30.3 Å². The van der Waals surface area contributed by atoms with E-state index in [-0.39, 0.29) is 48.6 Å². The summed E-state index contributed by atoms with van der Waals surface area (Å²) in [4.78, 5) is 41.4. The maximum Gasteiger partial charge on any atom is 0.310 e. The van der Waals surface area contributed by atoms with Gasteiger partial charge in [0.1, 0.15) is 11.7 Å². The number of likely N-dealkylation sites (tertiary alicyclic amines) is 1. The molecule has 1 fully saturated rings. The minimum absolute atomic E-state index is 0. The predicted octanol–water partition coefficient (Wildman–Crippen LogP) is 2.32. The van der Waals surface area contributed by atoms with E-state index in [0.717, 1.165) is 16.5 Å². The Morgan fingerprint density at radius 2 is 1.84 bits per heavy atom. The van der Waals surface area contributed by atoms with Crippen LogP contribution in [0.15, 0.2) is 54.6 Å². The predicted molar refractivity (Wildman–Crippen MR) is 118 cm³/mol. The second-order valence-electron chi connectivity index (χ2n) is 7.41. The first-order chi connectivity index (χ1) is 14.4. The number of carboxylic acid groups (broad SMARTS) is 1. The van der Waals surface area contributed by atoms with E-state index in [2.05, 4.69) is 10.3 Å². The van der Waals surface area contributed by atoms with Gasteiger partial charge >= 0.3 is 5.97 Å². The van der Waals surface area contributed by atoms with Crippen LogP contribution < -0.4 is 5.32 Å². The summed E-state index contributed by atoms with van der Waals surface area (Å²) in [6.07, 6.45) is 0.311. The molecule has 1 aliphatic heterocycles. The van der Waals surface area contributed by atoms with E-state index >= 15 is 0 Å². The van der Waals surface area contributed by atoms with Crippen molar-refractivity contribution in [3.63, 3.8) is 0 Å². The van der Waals surface area contributed by atoms with Gasteiger partial charge in [-0.15, -0.1) is 0 Å². The van der Waals surface area contributed by atoms with E-state index < -0.39 is 23.8 Å².